The molecular weight excluding hydrogens is 458 g/mol. The molecule has 3 fully saturated rings. The Balaban J connectivity index is 1.68. The minimum atomic E-state index is -0.804. The number of piperazine rings is 1. The summed E-state index contributed by atoms with van der Waals surface area (Å²) in [6.45, 7) is 10.1. The Hall–Kier alpha value is -2.78. The summed E-state index contributed by atoms with van der Waals surface area (Å²) in [5.41, 5.74) is 0.655. The van der Waals surface area contributed by atoms with Crippen molar-refractivity contribution in [2.24, 2.45) is 11.8 Å². The molecule has 4 heterocycles. The fourth-order valence-corrected chi connectivity index (χ4v) is 5.36. The Morgan fingerprint density at radius 1 is 1.11 bits per heavy atom. The Morgan fingerprint density at radius 2 is 1.83 bits per heavy atom. The fourth-order valence-electron chi connectivity index (χ4n) is 5.36. The summed E-state index contributed by atoms with van der Waals surface area (Å²) in [6, 6.07) is 4.96. The van der Waals surface area contributed by atoms with Crippen LogP contribution in [0.5, 0.6) is 0 Å². The van der Waals surface area contributed by atoms with Crippen molar-refractivity contribution in [3.8, 4) is 0 Å². The van der Waals surface area contributed by atoms with Crippen LogP contribution in [0.2, 0.25) is 0 Å². The zero-order valence-electron chi connectivity index (χ0n) is 21.8. The van der Waals surface area contributed by atoms with Crippen LogP contribution in [0.25, 0.3) is 6.08 Å². The molecule has 3 atom stereocenters. The highest BCUT2D eigenvalue weighted by molar-refractivity contribution is 5.95. The Labute approximate surface area is 213 Å². The number of carbonyl (C=O) groups excluding carboxylic acids is 3. The monoisotopic (exact) mass is 497 g/mol. The molecule has 0 unspecified atom stereocenters. The lowest BCUT2D eigenvalue weighted by molar-refractivity contribution is -0.275. The number of amides is 3. The van der Waals surface area contributed by atoms with Gasteiger partial charge in [0.05, 0.1) is 12.2 Å². The van der Waals surface area contributed by atoms with Gasteiger partial charge in [-0.3, -0.25) is 24.2 Å². The van der Waals surface area contributed by atoms with Gasteiger partial charge in [0.1, 0.15) is 6.04 Å². The van der Waals surface area contributed by atoms with Crippen LogP contribution < -0.4 is 5.32 Å². The first-order chi connectivity index (χ1) is 17.3. The number of hydrogen-bond acceptors (Lipinski definition) is 6. The lowest BCUT2D eigenvalue weighted by atomic mass is 9.93. The normalized spacial score (nSPS) is 25.8. The van der Waals surface area contributed by atoms with Gasteiger partial charge in [-0.15, -0.1) is 0 Å². The highest BCUT2D eigenvalue weighted by Gasteiger charge is 2.53. The van der Waals surface area contributed by atoms with Crippen molar-refractivity contribution >= 4 is 23.8 Å². The van der Waals surface area contributed by atoms with E-state index < -0.39 is 18.3 Å². The van der Waals surface area contributed by atoms with Gasteiger partial charge < -0.3 is 15.1 Å². The number of aromatic nitrogens is 1. The molecular formula is C27H39N5O4. The molecule has 3 aliphatic rings. The molecule has 0 aromatic carbocycles. The van der Waals surface area contributed by atoms with E-state index in [2.05, 4.69) is 24.1 Å². The summed E-state index contributed by atoms with van der Waals surface area (Å²) in [5.74, 6) is -0.177. The summed E-state index contributed by atoms with van der Waals surface area (Å²) >= 11 is 0. The van der Waals surface area contributed by atoms with E-state index in [1.807, 2.05) is 36.9 Å². The molecule has 1 aromatic rings. The number of hydrogen-bond donors (Lipinski definition) is 1. The molecule has 1 N–H and O–H groups in total. The number of carbonyl (C=O) groups is 3. The summed E-state index contributed by atoms with van der Waals surface area (Å²) in [4.78, 5) is 55.0. The Morgan fingerprint density at radius 3 is 2.47 bits per heavy atom. The molecule has 0 bridgehead atoms. The van der Waals surface area contributed by atoms with Crippen molar-refractivity contribution in [2.75, 3.05) is 19.6 Å². The second kappa shape index (κ2) is 11.5. The molecule has 3 amide bonds. The number of hydroxylamine groups is 2. The smallest absolute Gasteiger partial charge is 0.272 e. The Bertz CT molecular complexity index is 960. The van der Waals surface area contributed by atoms with Crippen LogP contribution in [-0.2, 0) is 19.2 Å². The first-order valence-electron chi connectivity index (χ1n) is 13.2. The molecule has 0 aliphatic carbocycles. The summed E-state index contributed by atoms with van der Waals surface area (Å²) < 4.78 is 0. The van der Waals surface area contributed by atoms with Gasteiger partial charge in [-0.25, -0.2) is 0 Å². The predicted octanol–water partition coefficient (Wildman–Crippen LogP) is 2.45. The van der Waals surface area contributed by atoms with Gasteiger partial charge in [0.25, 0.3) is 11.8 Å². The van der Waals surface area contributed by atoms with E-state index in [-0.39, 0.29) is 42.1 Å². The zero-order chi connectivity index (χ0) is 25.8. The van der Waals surface area contributed by atoms with Gasteiger partial charge in [-0.1, -0.05) is 33.8 Å². The van der Waals surface area contributed by atoms with E-state index in [1.165, 1.54) is 11.1 Å². The highest BCUT2D eigenvalue weighted by Crippen LogP contribution is 2.33. The maximum absolute atomic E-state index is 13.8. The van der Waals surface area contributed by atoms with Crippen LogP contribution in [-0.4, -0.2) is 81.6 Å². The summed E-state index contributed by atoms with van der Waals surface area (Å²) in [6.07, 6.45) is 6.00. The molecule has 4 rings (SSSR count). The second-order valence-electron chi connectivity index (χ2n) is 10.8. The van der Waals surface area contributed by atoms with Crippen LogP contribution in [0.1, 0.15) is 59.1 Å². The third kappa shape index (κ3) is 5.78. The van der Waals surface area contributed by atoms with Gasteiger partial charge in [0, 0.05) is 18.3 Å². The van der Waals surface area contributed by atoms with E-state index in [0.29, 0.717) is 18.5 Å². The summed E-state index contributed by atoms with van der Waals surface area (Å²) in [5, 5.41) is 4.69. The fraction of sp³-hybridized carbons (Fsp3) is 0.630. The van der Waals surface area contributed by atoms with E-state index >= 15 is 0 Å². The molecule has 3 aliphatic heterocycles. The number of rotatable bonds is 7. The number of nitrogens with one attached hydrogen (secondary N) is 1. The maximum atomic E-state index is 13.8. The molecule has 3 saturated heterocycles. The molecule has 196 valence electrons. The van der Waals surface area contributed by atoms with Gasteiger partial charge >= 0.3 is 0 Å². The van der Waals surface area contributed by atoms with Crippen molar-refractivity contribution in [3.05, 3.63) is 36.2 Å². The van der Waals surface area contributed by atoms with E-state index in [9.17, 15) is 14.4 Å². The largest absolute Gasteiger partial charge is 0.334 e. The lowest BCUT2D eigenvalue weighted by Gasteiger charge is -2.54. The number of piperidine rings is 1. The van der Waals surface area contributed by atoms with Crippen molar-refractivity contribution in [2.45, 2.75) is 77.7 Å². The van der Waals surface area contributed by atoms with Crippen molar-refractivity contribution in [1.82, 2.24) is 25.2 Å². The van der Waals surface area contributed by atoms with Crippen LogP contribution in [0.15, 0.2) is 30.5 Å². The lowest BCUT2D eigenvalue weighted by Crippen LogP contribution is -2.74. The third-order valence-electron chi connectivity index (χ3n) is 7.06. The molecule has 0 spiro atoms. The average Bonchev–Trinajstić information content (AvgIpc) is 2.86. The van der Waals surface area contributed by atoms with Crippen LogP contribution in [0, 0.1) is 11.8 Å². The molecule has 1 aromatic heterocycles. The van der Waals surface area contributed by atoms with E-state index in [1.54, 1.807) is 17.2 Å². The first kappa shape index (κ1) is 26.3. The van der Waals surface area contributed by atoms with Crippen LogP contribution >= 0.6 is 0 Å². The first-order valence-corrected chi connectivity index (χ1v) is 13.2. The number of nitrogens with zero attached hydrogens (tertiary/aromatic N) is 4. The van der Waals surface area contributed by atoms with Crippen LogP contribution in [0.3, 0.4) is 0 Å². The summed E-state index contributed by atoms with van der Waals surface area (Å²) in [7, 11) is 0. The van der Waals surface area contributed by atoms with Crippen molar-refractivity contribution in [1.29, 1.82) is 0 Å². The van der Waals surface area contributed by atoms with Gasteiger partial charge in [-0.05, 0) is 68.8 Å². The van der Waals surface area contributed by atoms with E-state index in [0.717, 1.165) is 25.9 Å². The molecule has 0 saturated carbocycles. The zero-order valence-corrected chi connectivity index (χ0v) is 21.8. The van der Waals surface area contributed by atoms with Crippen LogP contribution in [0.4, 0.5) is 0 Å². The SMILES string of the molecule is CC(C)C[C@H]1ON(C(=O)/C=C/c2ccccn2)[C@H]2CN(C3CCNCC3)C(=O)[C@H](CC(C)C)N2C1=O. The van der Waals surface area contributed by atoms with Gasteiger partial charge in [0.15, 0.2) is 12.3 Å². The highest BCUT2D eigenvalue weighted by atomic mass is 16.7. The third-order valence-corrected chi connectivity index (χ3v) is 7.06. The number of pyridine rings is 1. The van der Waals surface area contributed by atoms with Gasteiger partial charge in [-0.2, -0.15) is 5.06 Å². The average molecular weight is 498 g/mol. The molecule has 9 heteroatoms. The quantitative estimate of drug-likeness (QED) is 0.582. The Kier molecular flexibility index (Phi) is 8.41. The molecule has 36 heavy (non-hydrogen) atoms. The van der Waals surface area contributed by atoms with Crippen molar-refractivity contribution in [3.63, 3.8) is 0 Å². The topological polar surface area (TPSA) is 95.1 Å². The van der Waals surface area contributed by atoms with E-state index in [4.69, 9.17) is 4.84 Å². The standard InChI is InChI=1S/C27H39N5O4/c1-18(2)15-22-26(34)30(21-10-13-28-14-11-21)17-24-31(22)27(35)23(16-19(3)4)36-32(24)25(33)9-8-20-7-5-6-12-29-20/h5-9,12,18-19,21-24,28H,10-11,13-17H2,1-4H3/b9-8+/t22-,23+,24-/m0/s1. The number of fused-ring (bicyclic) bond motifs is 1. The minimum absolute atomic E-state index is 0.0122. The minimum Gasteiger partial charge on any atom is -0.334 e. The molecule has 9 nitrogen and oxygen atoms in total. The van der Waals surface area contributed by atoms with Crippen molar-refractivity contribution < 1.29 is 19.2 Å². The maximum Gasteiger partial charge on any atom is 0.272 e. The predicted molar refractivity (Wildman–Crippen MR) is 136 cm³/mol. The second-order valence-corrected chi connectivity index (χ2v) is 10.8. The molecule has 0 radical (unpaired) electrons. The van der Waals surface area contributed by atoms with Gasteiger partial charge in [0.2, 0.25) is 5.91 Å².